The molecule has 0 unspecified atom stereocenters. The Morgan fingerprint density at radius 3 is 2.42 bits per heavy atom. The van der Waals surface area contributed by atoms with Crippen LogP contribution in [-0.4, -0.2) is 28.6 Å². The lowest BCUT2D eigenvalue weighted by Crippen LogP contribution is -2.09. The van der Waals surface area contributed by atoms with Crippen LogP contribution in [0.3, 0.4) is 0 Å². The SMILES string of the molecule is CCCCCOc1nc(CC)c(-c2ccc(C(C)C)nc2C)nc1NC. The monoisotopic (exact) mass is 356 g/mol. The van der Waals surface area contributed by atoms with Crippen molar-refractivity contribution in [3.63, 3.8) is 0 Å². The van der Waals surface area contributed by atoms with Crippen molar-refractivity contribution in [2.45, 2.75) is 66.2 Å². The highest BCUT2D eigenvalue weighted by Gasteiger charge is 2.17. The third-order valence-corrected chi connectivity index (χ3v) is 4.45. The fourth-order valence-electron chi connectivity index (χ4n) is 2.85. The molecule has 26 heavy (non-hydrogen) atoms. The normalized spacial score (nSPS) is 11.0. The first-order valence-corrected chi connectivity index (χ1v) is 9.71. The Morgan fingerprint density at radius 2 is 1.85 bits per heavy atom. The third-order valence-electron chi connectivity index (χ3n) is 4.45. The molecule has 0 aromatic carbocycles. The number of aryl methyl sites for hydroxylation is 2. The minimum atomic E-state index is 0.409. The number of rotatable bonds is 9. The summed E-state index contributed by atoms with van der Waals surface area (Å²) in [4.78, 5) is 14.3. The molecule has 0 aliphatic heterocycles. The van der Waals surface area contributed by atoms with Gasteiger partial charge in [-0.25, -0.2) is 9.97 Å². The predicted octanol–water partition coefficient (Wildman–Crippen LogP) is 5.14. The summed E-state index contributed by atoms with van der Waals surface area (Å²) in [6.45, 7) is 11.3. The van der Waals surface area contributed by atoms with Crippen LogP contribution in [-0.2, 0) is 6.42 Å². The van der Waals surface area contributed by atoms with E-state index in [1.165, 1.54) is 6.42 Å². The van der Waals surface area contributed by atoms with E-state index in [1.807, 2.05) is 14.0 Å². The lowest BCUT2D eigenvalue weighted by atomic mass is 10.0. The number of hydrogen-bond acceptors (Lipinski definition) is 5. The standard InChI is InChI=1S/C21H32N4O/c1-7-9-10-13-26-21-20(22-6)25-19(17(8-2)24-21)16-11-12-18(14(3)4)23-15(16)5/h11-12,14H,7-10,13H2,1-6H3,(H,22,25). The molecule has 0 amide bonds. The van der Waals surface area contributed by atoms with Gasteiger partial charge in [-0.3, -0.25) is 4.98 Å². The molecule has 0 bridgehead atoms. The Bertz CT molecular complexity index is 728. The zero-order chi connectivity index (χ0) is 19.1. The molecular weight excluding hydrogens is 324 g/mol. The van der Waals surface area contributed by atoms with Gasteiger partial charge in [0.2, 0.25) is 0 Å². The van der Waals surface area contributed by atoms with Crippen molar-refractivity contribution < 1.29 is 4.74 Å². The number of anilines is 1. The van der Waals surface area contributed by atoms with Gasteiger partial charge >= 0.3 is 0 Å². The van der Waals surface area contributed by atoms with Crippen LogP contribution in [0.4, 0.5) is 5.82 Å². The molecule has 0 fully saturated rings. The molecule has 2 aromatic rings. The van der Waals surface area contributed by atoms with Gasteiger partial charge in [0, 0.05) is 24.0 Å². The Kier molecular flexibility index (Phi) is 7.37. The Hall–Kier alpha value is -2.17. The summed E-state index contributed by atoms with van der Waals surface area (Å²) in [7, 11) is 1.85. The molecule has 1 N–H and O–H groups in total. The molecule has 0 aliphatic rings. The number of nitrogens with one attached hydrogen (secondary N) is 1. The highest BCUT2D eigenvalue weighted by Crippen LogP contribution is 2.30. The quantitative estimate of drug-likeness (QED) is 0.630. The van der Waals surface area contributed by atoms with Crippen molar-refractivity contribution in [1.82, 2.24) is 15.0 Å². The van der Waals surface area contributed by atoms with Crippen LogP contribution in [0.5, 0.6) is 5.88 Å². The highest BCUT2D eigenvalue weighted by molar-refractivity contribution is 5.67. The predicted molar refractivity (Wildman–Crippen MR) is 108 cm³/mol. The molecule has 0 saturated carbocycles. The van der Waals surface area contributed by atoms with Crippen LogP contribution in [0.25, 0.3) is 11.3 Å². The van der Waals surface area contributed by atoms with E-state index in [0.29, 0.717) is 24.2 Å². The number of ether oxygens (including phenoxy) is 1. The van der Waals surface area contributed by atoms with Crippen LogP contribution in [0.2, 0.25) is 0 Å². The molecule has 0 spiro atoms. The van der Waals surface area contributed by atoms with Gasteiger partial charge < -0.3 is 10.1 Å². The van der Waals surface area contributed by atoms with Gasteiger partial charge in [0.1, 0.15) is 0 Å². The van der Waals surface area contributed by atoms with Gasteiger partial charge in [0.05, 0.1) is 18.0 Å². The van der Waals surface area contributed by atoms with E-state index >= 15 is 0 Å². The maximum atomic E-state index is 5.89. The van der Waals surface area contributed by atoms with Gasteiger partial charge in [-0.05, 0) is 37.8 Å². The van der Waals surface area contributed by atoms with Crippen molar-refractivity contribution in [2.75, 3.05) is 19.0 Å². The molecule has 0 aliphatic carbocycles. The second kappa shape index (κ2) is 9.51. The molecular formula is C21H32N4O. The minimum Gasteiger partial charge on any atom is -0.475 e. The molecule has 0 radical (unpaired) electrons. The average Bonchev–Trinajstić information content (AvgIpc) is 2.64. The number of unbranched alkanes of at least 4 members (excludes halogenated alkanes) is 2. The summed E-state index contributed by atoms with van der Waals surface area (Å²) >= 11 is 0. The van der Waals surface area contributed by atoms with Crippen molar-refractivity contribution in [2.24, 2.45) is 0 Å². The number of hydrogen-bond donors (Lipinski definition) is 1. The summed E-state index contributed by atoms with van der Waals surface area (Å²) in [5.41, 5.74) is 4.95. The van der Waals surface area contributed by atoms with Gasteiger partial charge in [-0.15, -0.1) is 0 Å². The fraction of sp³-hybridized carbons (Fsp3) is 0.571. The number of nitrogens with zero attached hydrogens (tertiary/aromatic N) is 3. The third kappa shape index (κ3) is 4.71. The van der Waals surface area contributed by atoms with E-state index in [0.717, 1.165) is 47.6 Å². The minimum absolute atomic E-state index is 0.409. The van der Waals surface area contributed by atoms with Crippen LogP contribution < -0.4 is 10.1 Å². The first-order chi connectivity index (χ1) is 12.5. The summed E-state index contributed by atoms with van der Waals surface area (Å²) in [6, 6.07) is 4.20. The molecule has 2 heterocycles. The van der Waals surface area contributed by atoms with Crippen LogP contribution in [0.15, 0.2) is 12.1 Å². The van der Waals surface area contributed by atoms with Crippen molar-refractivity contribution in [3.05, 3.63) is 29.2 Å². The summed E-state index contributed by atoms with van der Waals surface area (Å²) in [6.07, 6.45) is 4.16. The fourth-order valence-corrected chi connectivity index (χ4v) is 2.85. The summed E-state index contributed by atoms with van der Waals surface area (Å²) in [5, 5.41) is 3.13. The van der Waals surface area contributed by atoms with E-state index in [9.17, 15) is 0 Å². The Morgan fingerprint density at radius 1 is 1.08 bits per heavy atom. The molecule has 5 heteroatoms. The summed E-state index contributed by atoms with van der Waals surface area (Å²) < 4.78 is 5.89. The van der Waals surface area contributed by atoms with Gasteiger partial charge in [0.25, 0.3) is 5.88 Å². The second-order valence-corrected chi connectivity index (χ2v) is 6.86. The molecule has 2 aromatic heterocycles. The van der Waals surface area contributed by atoms with E-state index in [4.69, 9.17) is 19.7 Å². The molecule has 0 saturated heterocycles. The zero-order valence-electron chi connectivity index (χ0n) is 17.0. The summed E-state index contributed by atoms with van der Waals surface area (Å²) in [5.74, 6) is 1.68. The molecule has 142 valence electrons. The second-order valence-electron chi connectivity index (χ2n) is 6.86. The Labute approximate surface area is 157 Å². The number of pyridine rings is 1. The first kappa shape index (κ1) is 20.1. The lowest BCUT2D eigenvalue weighted by Gasteiger charge is -2.16. The van der Waals surface area contributed by atoms with Gasteiger partial charge in [-0.2, -0.15) is 0 Å². The maximum absolute atomic E-state index is 5.89. The smallest absolute Gasteiger partial charge is 0.257 e. The van der Waals surface area contributed by atoms with Crippen LogP contribution in [0, 0.1) is 6.92 Å². The van der Waals surface area contributed by atoms with Crippen molar-refractivity contribution in [3.8, 4) is 17.1 Å². The van der Waals surface area contributed by atoms with Crippen molar-refractivity contribution >= 4 is 5.82 Å². The molecule has 2 rings (SSSR count). The highest BCUT2D eigenvalue weighted by atomic mass is 16.5. The maximum Gasteiger partial charge on any atom is 0.257 e. The van der Waals surface area contributed by atoms with Gasteiger partial charge in [0.15, 0.2) is 5.82 Å². The van der Waals surface area contributed by atoms with Crippen molar-refractivity contribution in [1.29, 1.82) is 0 Å². The van der Waals surface area contributed by atoms with E-state index in [1.54, 1.807) is 0 Å². The topological polar surface area (TPSA) is 59.9 Å². The van der Waals surface area contributed by atoms with E-state index in [2.05, 4.69) is 45.1 Å². The first-order valence-electron chi connectivity index (χ1n) is 9.71. The largest absolute Gasteiger partial charge is 0.475 e. The van der Waals surface area contributed by atoms with Crippen LogP contribution >= 0.6 is 0 Å². The molecule has 0 atom stereocenters. The zero-order valence-corrected chi connectivity index (χ0v) is 17.0. The van der Waals surface area contributed by atoms with E-state index < -0.39 is 0 Å². The molecule has 5 nitrogen and oxygen atoms in total. The van der Waals surface area contributed by atoms with Gasteiger partial charge in [-0.1, -0.05) is 40.5 Å². The lowest BCUT2D eigenvalue weighted by molar-refractivity contribution is 0.294. The Balaban J connectivity index is 2.39. The number of aromatic nitrogens is 3. The van der Waals surface area contributed by atoms with Crippen LogP contribution in [0.1, 0.15) is 70.0 Å². The average molecular weight is 357 g/mol. The van der Waals surface area contributed by atoms with E-state index in [-0.39, 0.29) is 0 Å².